The second-order valence-corrected chi connectivity index (χ2v) is 9.19. The van der Waals surface area contributed by atoms with Gasteiger partial charge in [0.05, 0.1) is 10.9 Å². The molecule has 1 amide bonds. The first kappa shape index (κ1) is 20.2. The minimum absolute atomic E-state index is 0.0294. The van der Waals surface area contributed by atoms with Crippen LogP contribution in [0.15, 0.2) is 83.8 Å². The number of benzene rings is 3. The van der Waals surface area contributed by atoms with Gasteiger partial charge in [-0.25, -0.2) is 8.42 Å². The number of carbonyl (C=O) groups is 1. The lowest BCUT2D eigenvalue weighted by Gasteiger charge is -2.26. The number of carbonyl (C=O) groups excluding carboxylic acids is 1. The van der Waals surface area contributed by atoms with Crippen LogP contribution in [0.3, 0.4) is 0 Å². The number of nitrogens with one attached hydrogen (secondary N) is 1. The zero-order valence-electron chi connectivity index (χ0n) is 16.8. The molecule has 30 heavy (non-hydrogen) atoms. The second-order valence-electron chi connectivity index (χ2n) is 7.51. The topological polar surface area (TPSA) is 66.5 Å². The van der Waals surface area contributed by atoms with Crippen molar-refractivity contribution in [3.05, 3.63) is 95.6 Å². The van der Waals surface area contributed by atoms with Crippen molar-refractivity contribution in [1.29, 1.82) is 0 Å². The molecular weight excluding hydrogens is 396 g/mol. The Morgan fingerprint density at radius 2 is 1.60 bits per heavy atom. The highest BCUT2D eigenvalue weighted by Gasteiger charge is 2.31. The van der Waals surface area contributed by atoms with Crippen LogP contribution >= 0.6 is 0 Å². The number of anilines is 1. The first-order chi connectivity index (χ1) is 14.5. The van der Waals surface area contributed by atoms with Crippen LogP contribution < -0.4 is 4.72 Å². The zero-order valence-corrected chi connectivity index (χ0v) is 17.6. The van der Waals surface area contributed by atoms with E-state index in [2.05, 4.69) is 23.8 Å². The summed E-state index contributed by atoms with van der Waals surface area (Å²) in [6.45, 7) is 2.80. The normalized spacial score (nSPS) is 16.4. The molecule has 6 heteroatoms. The third kappa shape index (κ3) is 4.09. The summed E-state index contributed by atoms with van der Waals surface area (Å²) in [5.41, 5.74) is 3.36. The van der Waals surface area contributed by atoms with Gasteiger partial charge in [0.2, 0.25) is 0 Å². The molecule has 1 saturated heterocycles. The molecule has 0 aromatic heterocycles. The van der Waals surface area contributed by atoms with Gasteiger partial charge in [0.25, 0.3) is 15.9 Å². The highest BCUT2D eigenvalue weighted by Crippen LogP contribution is 2.34. The molecule has 154 valence electrons. The van der Waals surface area contributed by atoms with Gasteiger partial charge in [-0.3, -0.25) is 9.52 Å². The molecule has 1 fully saturated rings. The maximum Gasteiger partial charge on any atom is 0.261 e. The van der Waals surface area contributed by atoms with Crippen LogP contribution in [0.4, 0.5) is 5.69 Å². The lowest BCUT2D eigenvalue weighted by atomic mass is 9.99. The van der Waals surface area contributed by atoms with Gasteiger partial charge in [-0.1, -0.05) is 42.5 Å². The number of amides is 1. The fraction of sp³-hybridized carbons (Fsp3) is 0.208. The molecule has 4 rings (SSSR count). The highest BCUT2D eigenvalue weighted by molar-refractivity contribution is 7.92. The van der Waals surface area contributed by atoms with Gasteiger partial charge in [0.15, 0.2) is 0 Å². The monoisotopic (exact) mass is 420 g/mol. The quantitative estimate of drug-likeness (QED) is 0.646. The van der Waals surface area contributed by atoms with Crippen LogP contribution in [-0.4, -0.2) is 25.8 Å². The molecule has 5 nitrogen and oxygen atoms in total. The number of rotatable bonds is 5. The van der Waals surface area contributed by atoms with Gasteiger partial charge >= 0.3 is 0 Å². The van der Waals surface area contributed by atoms with E-state index in [1.165, 1.54) is 11.1 Å². The van der Waals surface area contributed by atoms with E-state index in [4.69, 9.17) is 0 Å². The fourth-order valence-corrected chi connectivity index (χ4v) is 5.03. The molecule has 0 spiro atoms. The van der Waals surface area contributed by atoms with Crippen LogP contribution in [0, 0.1) is 6.92 Å². The molecule has 0 radical (unpaired) electrons. The Morgan fingerprint density at radius 1 is 0.933 bits per heavy atom. The van der Waals surface area contributed by atoms with Gasteiger partial charge in [0.1, 0.15) is 0 Å². The Labute approximate surface area is 177 Å². The molecule has 3 aromatic carbocycles. The average Bonchev–Trinajstić information content (AvgIpc) is 3.24. The Bertz CT molecular complexity index is 1140. The van der Waals surface area contributed by atoms with Gasteiger partial charge in [-0.05, 0) is 67.3 Å². The standard InChI is InChI=1S/C24H24N2O3S/c1-18-8-5-6-11-22(18)23-12-7-17-26(23)24(27)19-13-15-20(16-14-19)25-30(28,29)21-9-3-2-4-10-21/h2-6,8-11,13-16,23,25H,7,12,17H2,1H3. The summed E-state index contributed by atoms with van der Waals surface area (Å²) in [7, 11) is -3.66. The summed E-state index contributed by atoms with van der Waals surface area (Å²) in [4.78, 5) is 15.3. The number of aryl methyl sites for hydroxylation is 1. The third-order valence-corrected chi connectivity index (χ3v) is 6.90. The van der Waals surface area contributed by atoms with E-state index in [0.717, 1.165) is 19.4 Å². The van der Waals surface area contributed by atoms with Crippen molar-refractivity contribution in [2.24, 2.45) is 0 Å². The zero-order chi connectivity index (χ0) is 21.1. The second kappa shape index (κ2) is 8.32. The van der Waals surface area contributed by atoms with Crippen LogP contribution in [0.2, 0.25) is 0 Å². The van der Waals surface area contributed by atoms with Crippen LogP contribution in [0.5, 0.6) is 0 Å². The van der Waals surface area contributed by atoms with Gasteiger partial charge in [0, 0.05) is 17.8 Å². The van der Waals surface area contributed by atoms with Crippen LogP contribution in [-0.2, 0) is 10.0 Å². The van der Waals surface area contributed by atoms with Crippen LogP contribution in [0.25, 0.3) is 0 Å². The van der Waals surface area contributed by atoms with E-state index in [1.54, 1.807) is 54.6 Å². The highest BCUT2D eigenvalue weighted by atomic mass is 32.2. The number of nitrogens with zero attached hydrogens (tertiary/aromatic N) is 1. The number of likely N-dealkylation sites (tertiary alicyclic amines) is 1. The molecule has 0 bridgehead atoms. The summed E-state index contributed by atoms with van der Waals surface area (Å²) < 4.78 is 27.5. The van der Waals surface area contributed by atoms with E-state index in [1.807, 2.05) is 17.0 Å². The van der Waals surface area contributed by atoms with Crippen molar-refractivity contribution in [1.82, 2.24) is 4.90 Å². The number of hydrogen-bond donors (Lipinski definition) is 1. The minimum atomic E-state index is -3.66. The Morgan fingerprint density at radius 3 is 2.30 bits per heavy atom. The number of sulfonamides is 1. The molecule has 1 unspecified atom stereocenters. The molecule has 1 aliphatic rings. The Kier molecular flexibility index (Phi) is 5.59. The fourth-order valence-electron chi connectivity index (χ4n) is 3.95. The average molecular weight is 421 g/mol. The molecule has 0 aliphatic carbocycles. The molecule has 1 N–H and O–H groups in total. The Balaban J connectivity index is 1.51. The number of hydrogen-bond acceptors (Lipinski definition) is 3. The van der Waals surface area contributed by atoms with E-state index < -0.39 is 10.0 Å². The molecule has 3 aromatic rings. The minimum Gasteiger partial charge on any atom is -0.332 e. The van der Waals surface area contributed by atoms with E-state index in [-0.39, 0.29) is 16.8 Å². The van der Waals surface area contributed by atoms with Crippen molar-refractivity contribution >= 4 is 21.6 Å². The molecule has 1 atom stereocenters. The van der Waals surface area contributed by atoms with E-state index >= 15 is 0 Å². The molecule has 0 saturated carbocycles. The molecule has 1 aliphatic heterocycles. The smallest absolute Gasteiger partial charge is 0.261 e. The van der Waals surface area contributed by atoms with Crippen molar-refractivity contribution < 1.29 is 13.2 Å². The molecular formula is C24H24N2O3S. The third-order valence-electron chi connectivity index (χ3n) is 5.50. The van der Waals surface area contributed by atoms with E-state index in [0.29, 0.717) is 11.3 Å². The van der Waals surface area contributed by atoms with Gasteiger partial charge in [-0.15, -0.1) is 0 Å². The largest absolute Gasteiger partial charge is 0.332 e. The van der Waals surface area contributed by atoms with E-state index in [9.17, 15) is 13.2 Å². The summed E-state index contributed by atoms with van der Waals surface area (Å²) in [5, 5.41) is 0. The molecule has 1 heterocycles. The first-order valence-electron chi connectivity index (χ1n) is 10.0. The predicted molar refractivity (Wildman–Crippen MR) is 118 cm³/mol. The van der Waals surface area contributed by atoms with Crippen molar-refractivity contribution in [2.75, 3.05) is 11.3 Å². The lowest BCUT2D eigenvalue weighted by molar-refractivity contribution is 0.0735. The van der Waals surface area contributed by atoms with Gasteiger partial charge in [-0.2, -0.15) is 0 Å². The lowest BCUT2D eigenvalue weighted by Crippen LogP contribution is -2.30. The van der Waals surface area contributed by atoms with Crippen molar-refractivity contribution in [3.63, 3.8) is 0 Å². The summed E-state index contributed by atoms with van der Waals surface area (Å²) >= 11 is 0. The predicted octanol–water partition coefficient (Wildman–Crippen LogP) is 4.77. The van der Waals surface area contributed by atoms with Crippen LogP contribution in [0.1, 0.15) is 40.4 Å². The summed E-state index contributed by atoms with van der Waals surface area (Å²) in [6.07, 6.45) is 1.92. The summed E-state index contributed by atoms with van der Waals surface area (Å²) in [5.74, 6) is -0.0294. The maximum absolute atomic E-state index is 13.1. The van der Waals surface area contributed by atoms with Gasteiger partial charge < -0.3 is 4.90 Å². The summed E-state index contributed by atoms with van der Waals surface area (Å²) in [6, 6.07) is 23.1. The first-order valence-corrected chi connectivity index (χ1v) is 11.5. The Hall–Kier alpha value is -3.12. The SMILES string of the molecule is Cc1ccccc1C1CCCN1C(=O)c1ccc(NS(=O)(=O)c2ccccc2)cc1. The maximum atomic E-state index is 13.1. The van der Waals surface area contributed by atoms with Crippen molar-refractivity contribution in [3.8, 4) is 0 Å². The van der Waals surface area contributed by atoms with Crippen molar-refractivity contribution in [2.45, 2.75) is 30.7 Å².